The van der Waals surface area contributed by atoms with E-state index in [1.165, 1.54) is 24.9 Å². The highest BCUT2D eigenvalue weighted by Gasteiger charge is 2.25. The zero-order valence-electron chi connectivity index (χ0n) is 13.1. The van der Waals surface area contributed by atoms with E-state index in [0.717, 1.165) is 30.1 Å². The van der Waals surface area contributed by atoms with Crippen LogP contribution in [0.15, 0.2) is 18.2 Å². The molecule has 1 aliphatic rings. The zero-order chi connectivity index (χ0) is 15.2. The molecule has 0 radical (unpaired) electrons. The molecule has 1 aromatic carbocycles. The van der Waals surface area contributed by atoms with E-state index in [1.807, 2.05) is 0 Å². The van der Waals surface area contributed by atoms with Crippen molar-refractivity contribution in [1.82, 2.24) is 5.32 Å². The van der Waals surface area contributed by atoms with Crippen molar-refractivity contribution in [2.75, 3.05) is 24.6 Å². The lowest BCUT2D eigenvalue weighted by molar-refractivity contribution is 0.283. The first-order chi connectivity index (χ1) is 10.2. The average Bonchev–Trinajstić information content (AvgIpc) is 2.41. The number of anilines is 1. The predicted molar refractivity (Wildman–Crippen MR) is 90.2 cm³/mol. The quantitative estimate of drug-likeness (QED) is 0.767. The number of nitrogens with one attached hydrogen (secondary N) is 1. The highest BCUT2D eigenvalue weighted by Crippen LogP contribution is 2.33. The van der Waals surface area contributed by atoms with Gasteiger partial charge in [0.1, 0.15) is 0 Å². The predicted octanol–water partition coefficient (Wildman–Crippen LogP) is 3.75. The molecule has 0 saturated heterocycles. The van der Waals surface area contributed by atoms with E-state index in [4.69, 9.17) is 16.7 Å². The Hall–Kier alpha value is -0.770. The van der Waals surface area contributed by atoms with Crippen molar-refractivity contribution < 1.29 is 5.11 Å². The van der Waals surface area contributed by atoms with E-state index in [9.17, 15) is 0 Å². The van der Waals surface area contributed by atoms with Crippen LogP contribution in [0.25, 0.3) is 0 Å². The molecule has 2 N–H and O–H groups in total. The van der Waals surface area contributed by atoms with Crippen LogP contribution >= 0.6 is 11.6 Å². The van der Waals surface area contributed by atoms with E-state index in [0.29, 0.717) is 6.04 Å². The van der Waals surface area contributed by atoms with Crippen molar-refractivity contribution in [3.8, 4) is 0 Å². The summed E-state index contributed by atoms with van der Waals surface area (Å²) in [7, 11) is 0. The normalized spacial score (nSPS) is 16.6. The van der Waals surface area contributed by atoms with E-state index < -0.39 is 0 Å². The maximum Gasteiger partial charge on any atom is 0.0474 e. The molecular formula is C17H27ClN2O. The Kier molecular flexibility index (Phi) is 6.34. The number of hydrogen-bond donors (Lipinski definition) is 2. The third kappa shape index (κ3) is 4.12. The van der Waals surface area contributed by atoms with Crippen LogP contribution in [0.1, 0.15) is 51.1 Å². The van der Waals surface area contributed by atoms with Gasteiger partial charge in [-0.2, -0.15) is 0 Å². The Morgan fingerprint density at radius 1 is 1.43 bits per heavy atom. The first-order valence-electron chi connectivity index (χ1n) is 8.07. The highest BCUT2D eigenvalue weighted by atomic mass is 35.5. The van der Waals surface area contributed by atoms with Crippen LogP contribution in [0.2, 0.25) is 5.02 Å². The number of nitrogens with zero attached hydrogens (tertiary/aromatic N) is 1. The van der Waals surface area contributed by atoms with E-state index in [-0.39, 0.29) is 12.6 Å². The van der Waals surface area contributed by atoms with Crippen molar-refractivity contribution in [2.24, 2.45) is 0 Å². The van der Waals surface area contributed by atoms with Crippen LogP contribution in [-0.4, -0.2) is 30.8 Å². The van der Waals surface area contributed by atoms with Crippen LogP contribution in [0.5, 0.6) is 0 Å². The molecule has 1 atom stereocenters. The van der Waals surface area contributed by atoms with Crippen LogP contribution in [0.3, 0.4) is 0 Å². The number of hydrogen-bond acceptors (Lipinski definition) is 3. The van der Waals surface area contributed by atoms with Gasteiger partial charge in [0, 0.05) is 35.9 Å². The molecule has 1 unspecified atom stereocenters. The average molecular weight is 311 g/mol. The number of halogens is 1. The van der Waals surface area contributed by atoms with E-state index >= 15 is 0 Å². The van der Waals surface area contributed by atoms with Gasteiger partial charge in [0.05, 0.1) is 0 Å². The summed E-state index contributed by atoms with van der Waals surface area (Å²) in [6.45, 7) is 6.32. The van der Waals surface area contributed by atoms with Gasteiger partial charge in [-0.05, 0) is 56.8 Å². The fourth-order valence-electron chi connectivity index (χ4n) is 2.92. The van der Waals surface area contributed by atoms with Crippen LogP contribution < -0.4 is 10.2 Å². The summed E-state index contributed by atoms with van der Waals surface area (Å²) >= 11 is 6.49. The number of benzene rings is 1. The fraction of sp³-hybridized carbons (Fsp3) is 0.647. The molecule has 0 aromatic heterocycles. The lowest BCUT2D eigenvalue weighted by Gasteiger charge is -2.39. The van der Waals surface area contributed by atoms with Crippen molar-refractivity contribution in [1.29, 1.82) is 0 Å². The molecular weight excluding hydrogens is 284 g/mol. The molecule has 4 heteroatoms. The molecule has 118 valence electrons. The molecule has 1 fully saturated rings. The van der Waals surface area contributed by atoms with Crippen molar-refractivity contribution in [3.05, 3.63) is 28.8 Å². The minimum absolute atomic E-state index is 0.243. The van der Waals surface area contributed by atoms with Gasteiger partial charge in [-0.25, -0.2) is 0 Å². The summed E-state index contributed by atoms with van der Waals surface area (Å²) in [5.74, 6) is 0. The van der Waals surface area contributed by atoms with Gasteiger partial charge in [0.2, 0.25) is 0 Å². The summed E-state index contributed by atoms with van der Waals surface area (Å²) in [5.41, 5.74) is 2.34. The van der Waals surface area contributed by atoms with Crippen molar-refractivity contribution in [2.45, 2.75) is 51.6 Å². The second kappa shape index (κ2) is 8.02. The Bertz CT molecular complexity index is 448. The first kappa shape index (κ1) is 16.6. The van der Waals surface area contributed by atoms with Gasteiger partial charge < -0.3 is 15.3 Å². The smallest absolute Gasteiger partial charge is 0.0474 e. The summed E-state index contributed by atoms with van der Waals surface area (Å²) in [5, 5.41) is 13.3. The van der Waals surface area contributed by atoms with E-state index in [2.05, 4.69) is 42.3 Å². The number of aliphatic hydroxyl groups excluding tert-OH is 1. The van der Waals surface area contributed by atoms with Gasteiger partial charge in [-0.15, -0.1) is 0 Å². The minimum Gasteiger partial charge on any atom is -0.396 e. The van der Waals surface area contributed by atoms with Crippen molar-refractivity contribution >= 4 is 17.3 Å². The minimum atomic E-state index is 0.243. The molecule has 0 amide bonds. The Labute approximate surface area is 133 Å². The highest BCUT2D eigenvalue weighted by molar-refractivity contribution is 6.31. The van der Waals surface area contributed by atoms with E-state index in [1.54, 1.807) is 0 Å². The molecule has 1 aromatic rings. The maximum atomic E-state index is 9.10. The summed E-state index contributed by atoms with van der Waals surface area (Å²) in [6.07, 6.45) is 4.62. The SMILES string of the molecule is CCNC(C)c1ccc(N(CCCO)C2CCC2)cc1Cl. The maximum absolute atomic E-state index is 9.10. The Morgan fingerprint density at radius 3 is 2.71 bits per heavy atom. The monoisotopic (exact) mass is 310 g/mol. The molecule has 0 heterocycles. The van der Waals surface area contributed by atoms with Gasteiger partial charge >= 0.3 is 0 Å². The second-order valence-electron chi connectivity index (χ2n) is 5.84. The molecule has 2 rings (SSSR count). The summed E-state index contributed by atoms with van der Waals surface area (Å²) in [4.78, 5) is 2.41. The van der Waals surface area contributed by atoms with Gasteiger partial charge in [0.25, 0.3) is 0 Å². The van der Waals surface area contributed by atoms with Crippen LogP contribution in [0.4, 0.5) is 5.69 Å². The lowest BCUT2D eigenvalue weighted by Crippen LogP contribution is -2.41. The largest absolute Gasteiger partial charge is 0.396 e. The third-order valence-corrected chi connectivity index (χ3v) is 4.69. The standard InChI is InChI=1S/C17H27ClN2O/c1-3-19-13(2)16-9-8-15(12-17(16)18)20(10-5-11-21)14-6-4-7-14/h8-9,12-14,19,21H,3-7,10-11H2,1-2H3. The van der Waals surface area contributed by atoms with Crippen LogP contribution in [-0.2, 0) is 0 Å². The van der Waals surface area contributed by atoms with Gasteiger partial charge in [-0.1, -0.05) is 24.6 Å². The lowest BCUT2D eigenvalue weighted by atomic mass is 9.90. The molecule has 0 bridgehead atoms. The van der Waals surface area contributed by atoms with Crippen molar-refractivity contribution in [3.63, 3.8) is 0 Å². The summed E-state index contributed by atoms with van der Waals surface area (Å²) < 4.78 is 0. The molecule has 0 spiro atoms. The molecule has 0 aliphatic heterocycles. The van der Waals surface area contributed by atoms with Gasteiger partial charge in [0.15, 0.2) is 0 Å². The molecule has 21 heavy (non-hydrogen) atoms. The third-order valence-electron chi connectivity index (χ3n) is 4.37. The molecule has 1 saturated carbocycles. The Balaban J connectivity index is 2.15. The van der Waals surface area contributed by atoms with Gasteiger partial charge in [-0.3, -0.25) is 0 Å². The van der Waals surface area contributed by atoms with Crippen LogP contribution in [0, 0.1) is 0 Å². The number of aliphatic hydroxyl groups is 1. The molecule has 1 aliphatic carbocycles. The first-order valence-corrected chi connectivity index (χ1v) is 8.45. The second-order valence-corrected chi connectivity index (χ2v) is 6.25. The topological polar surface area (TPSA) is 35.5 Å². The zero-order valence-corrected chi connectivity index (χ0v) is 13.9. The molecule has 3 nitrogen and oxygen atoms in total. The Morgan fingerprint density at radius 2 is 2.19 bits per heavy atom. The fourth-order valence-corrected chi connectivity index (χ4v) is 3.26. The summed E-state index contributed by atoms with van der Waals surface area (Å²) in [6, 6.07) is 7.27. The number of rotatable bonds is 8.